The van der Waals surface area contributed by atoms with Gasteiger partial charge in [0.25, 0.3) is 0 Å². The Kier molecular flexibility index (Phi) is 6.15. The molecule has 2 heterocycles. The van der Waals surface area contributed by atoms with Crippen molar-refractivity contribution >= 4 is 23.3 Å². The van der Waals surface area contributed by atoms with Gasteiger partial charge < -0.3 is 16.0 Å². The van der Waals surface area contributed by atoms with Crippen LogP contribution >= 0.6 is 0 Å². The summed E-state index contributed by atoms with van der Waals surface area (Å²) in [6.45, 7) is 6.49. The van der Waals surface area contributed by atoms with E-state index in [-0.39, 0.29) is 23.7 Å². The molecule has 1 aromatic carbocycles. The first-order valence-corrected chi connectivity index (χ1v) is 9.89. The number of pyridine rings is 1. The van der Waals surface area contributed by atoms with Crippen LogP contribution in [0, 0.1) is 11.7 Å². The predicted molar refractivity (Wildman–Crippen MR) is 111 cm³/mol. The molecular weight excluding hydrogens is 371 g/mol. The summed E-state index contributed by atoms with van der Waals surface area (Å²) >= 11 is 0. The molecular formula is C22H27FN4O2. The number of aromatic nitrogens is 1. The molecule has 1 aliphatic heterocycles. The number of nitrogens with two attached hydrogens (primary N) is 1. The summed E-state index contributed by atoms with van der Waals surface area (Å²) in [4.78, 5) is 31.4. The molecule has 0 spiro atoms. The number of rotatable bonds is 3. The van der Waals surface area contributed by atoms with Gasteiger partial charge in [-0.25, -0.2) is 9.37 Å². The average molecular weight is 398 g/mol. The molecule has 1 fully saturated rings. The van der Waals surface area contributed by atoms with Crippen LogP contribution in [0.4, 0.5) is 15.9 Å². The summed E-state index contributed by atoms with van der Waals surface area (Å²) < 4.78 is 13.3. The van der Waals surface area contributed by atoms with Gasteiger partial charge in [-0.1, -0.05) is 32.9 Å². The number of anilines is 2. The Morgan fingerprint density at radius 2 is 1.93 bits per heavy atom. The Bertz CT molecular complexity index is 898. The minimum atomic E-state index is -0.715. The van der Waals surface area contributed by atoms with Crippen molar-refractivity contribution in [1.82, 2.24) is 9.88 Å². The van der Waals surface area contributed by atoms with E-state index >= 15 is 0 Å². The van der Waals surface area contributed by atoms with Crippen molar-refractivity contribution < 1.29 is 14.0 Å². The van der Waals surface area contributed by atoms with Crippen LogP contribution in [0.1, 0.15) is 56.7 Å². The molecule has 29 heavy (non-hydrogen) atoms. The highest BCUT2D eigenvalue weighted by Crippen LogP contribution is 2.33. The van der Waals surface area contributed by atoms with Crippen LogP contribution < -0.4 is 11.1 Å². The van der Waals surface area contributed by atoms with E-state index in [9.17, 15) is 14.0 Å². The number of carbonyl (C=O) groups is 2. The first-order chi connectivity index (χ1) is 13.8. The lowest BCUT2D eigenvalue weighted by Gasteiger charge is -2.38. The van der Waals surface area contributed by atoms with E-state index in [0.717, 1.165) is 24.0 Å². The summed E-state index contributed by atoms with van der Waals surface area (Å²) in [7, 11) is 0. The number of nitrogen functional groups attached to an aromatic ring is 1. The Morgan fingerprint density at radius 1 is 1.24 bits per heavy atom. The third-order valence-electron chi connectivity index (χ3n) is 5.36. The number of likely N-dealkylation sites (tertiary alicyclic amines) is 1. The Labute approximate surface area is 170 Å². The lowest BCUT2D eigenvalue weighted by atomic mass is 9.90. The van der Waals surface area contributed by atoms with E-state index in [1.54, 1.807) is 23.1 Å². The number of benzene rings is 1. The van der Waals surface area contributed by atoms with Crippen molar-refractivity contribution in [3.05, 3.63) is 53.5 Å². The lowest BCUT2D eigenvalue weighted by molar-refractivity contribution is -0.146. The van der Waals surface area contributed by atoms with Crippen LogP contribution in [0.2, 0.25) is 0 Å². The maximum Gasteiger partial charge on any atom is 0.313 e. The van der Waals surface area contributed by atoms with E-state index in [1.165, 1.54) is 18.3 Å². The highest BCUT2D eigenvalue weighted by molar-refractivity contribution is 6.39. The zero-order valence-corrected chi connectivity index (χ0v) is 17.0. The van der Waals surface area contributed by atoms with Crippen LogP contribution in [0.25, 0.3) is 0 Å². The van der Waals surface area contributed by atoms with E-state index in [2.05, 4.69) is 17.2 Å². The Hall–Kier alpha value is -2.96. The topological polar surface area (TPSA) is 88.3 Å². The average Bonchev–Trinajstić information content (AvgIpc) is 2.69. The summed E-state index contributed by atoms with van der Waals surface area (Å²) in [5, 5.41) is 2.65. The number of carbonyl (C=O) groups excluding carboxylic acids is 2. The lowest BCUT2D eigenvalue weighted by Crippen LogP contribution is -2.46. The van der Waals surface area contributed by atoms with E-state index in [4.69, 9.17) is 5.73 Å². The summed E-state index contributed by atoms with van der Waals surface area (Å²) in [5.41, 5.74) is 7.96. The fraction of sp³-hybridized carbons (Fsp3) is 0.409. The molecule has 2 unspecified atom stereocenters. The molecule has 0 saturated carbocycles. The van der Waals surface area contributed by atoms with Gasteiger partial charge in [0.05, 0.1) is 17.9 Å². The van der Waals surface area contributed by atoms with Gasteiger partial charge in [0, 0.05) is 6.54 Å². The normalized spacial score (nSPS) is 19.3. The number of nitrogens with one attached hydrogen (secondary N) is 1. The molecule has 2 amide bonds. The van der Waals surface area contributed by atoms with Crippen molar-refractivity contribution in [3.63, 3.8) is 0 Å². The summed E-state index contributed by atoms with van der Waals surface area (Å²) in [6.07, 6.45) is 3.11. The van der Waals surface area contributed by atoms with Crippen LogP contribution in [0.3, 0.4) is 0 Å². The number of piperidine rings is 1. The molecule has 1 aromatic heterocycles. The van der Waals surface area contributed by atoms with Crippen LogP contribution in [0.15, 0.2) is 36.5 Å². The van der Waals surface area contributed by atoms with Gasteiger partial charge in [-0.15, -0.1) is 0 Å². The molecule has 2 aromatic rings. The molecule has 3 N–H and O–H groups in total. The maximum absolute atomic E-state index is 13.3. The SMILES string of the molecule is CC1CCC(c2ccc(F)cc2)N(C(=O)C(=O)Nc2cnc(N)c(C(C)C)c2)C1. The monoisotopic (exact) mass is 398 g/mol. The fourth-order valence-corrected chi connectivity index (χ4v) is 3.75. The van der Waals surface area contributed by atoms with Gasteiger partial charge in [0.2, 0.25) is 0 Å². The predicted octanol–water partition coefficient (Wildman–Crippen LogP) is 3.86. The second kappa shape index (κ2) is 8.59. The highest BCUT2D eigenvalue weighted by atomic mass is 19.1. The van der Waals surface area contributed by atoms with Gasteiger partial charge >= 0.3 is 11.8 Å². The molecule has 1 saturated heterocycles. The molecule has 2 atom stereocenters. The first kappa shape index (κ1) is 20.8. The van der Waals surface area contributed by atoms with Crippen LogP contribution in [-0.2, 0) is 9.59 Å². The van der Waals surface area contributed by atoms with Crippen LogP contribution in [0.5, 0.6) is 0 Å². The summed E-state index contributed by atoms with van der Waals surface area (Å²) in [5.74, 6) is -0.813. The molecule has 1 aliphatic rings. The molecule has 0 aliphatic carbocycles. The molecule has 0 radical (unpaired) electrons. The fourth-order valence-electron chi connectivity index (χ4n) is 3.75. The number of amides is 2. The van der Waals surface area contributed by atoms with Crippen molar-refractivity contribution in [2.45, 2.75) is 45.6 Å². The third kappa shape index (κ3) is 4.72. The molecule has 3 rings (SSSR count). The Balaban J connectivity index is 1.79. The standard InChI is InChI=1S/C22H27FN4O2/c1-13(2)18-10-17(11-25-20(18)24)26-21(28)22(29)27-12-14(3)4-9-19(27)15-5-7-16(23)8-6-15/h5-8,10-11,13-14,19H,4,9,12H2,1-3H3,(H2,24,25)(H,26,28). The molecule has 6 nitrogen and oxygen atoms in total. The maximum atomic E-state index is 13.3. The molecule has 7 heteroatoms. The smallest absolute Gasteiger partial charge is 0.313 e. The van der Waals surface area contributed by atoms with Gasteiger partial charge in [-0.05, 0) is 54.0 Å². The van der Waals surface area contributed by atoms with Crippen molar-refractivity contribution in [2.24, 2.45) is 5.92 Å². The van der Waals surface area contributed by atoms with Gasteiger partial charge in [-0.3, -0.25) is 9.59 Å². The zero-order chi connectivity index (χ0) is 21.1. The largest absolute Gasteiger partial charge is 0.383 e. The van der Waals surface area contributed by atoms with Gasteiger partial charge in [-0.2, -0.15) is 0 Å². The van der Waals surface area contributed by atoms with E-state index < -0.39 is 11.8 Å². The minimum Gasteiger partial charge on any atom is -0.383 e. The molecule has 154 valence electrons. The number of hydrogen-bond acceptors (Lipinski definition) is 4. The summed E-state index contributed by atoms with van der Waals surface area (Å²) in [6, 6.07) is 7.60. The van der Waals surface area contributed by atoms with E-state index in [0.29, 0.717) is 18.1 Å². The van der Waals surface area contributed by atoms with Crippen molar-refractivity contribution in [3.8, 4) is 0 Å². The van der Waals surface area contributed by atoms with Crippen LogP contribution in [-0.4, -0.2) is 28.2 Å². The third-order valence-corrected chi connectivity index (χ3v) is 5.36. The zero-order valence-electron chi connectivity index (χ0n) is 17.0. The highest BCUT2D eigenvalue weighted by Gasteiger charge is 2.34. The quantitative estimate of drug-likeness (QED) is 0.769. The van der Waals surface area contributed by atoms with Gasteiger partial charge in [0.1, 0.15) is 11.6 Å². The Morgan fingerprint density at radius 3 is 2.59 bits per heavy atom. The van der Waals surface area contributed by atoms with Crippen molar-refractivity contribution in [1.29, 1.82) is 0 Å². The van der Waals surface area contributed by atoms with E-state index in [1.807, 2.05) is 13.8 Å². The minimum absolute atomic E-state index is 0.140. The number of hydrogen-bond donors (Lipinski definition) is 2. The molecule has 0 bridgehead atoms. The first-order valence-electron chi connectivity index (χ1n) is 9.89. The van der Waals surface area contributed by atoms with Crippen molar-refractivity contribution in [2.75, 3.05) is 17.6 Å². The van der Waals surface area contributed by atoms with Gasteiger partial charge in [0.15, 0.2) is 0 Å². The number of nitrogens with zero attached hydrogens (tertiary/aromatic N) is 2. The number of halogens is 1. The second-order valence-corrected chi connectivity index (χ2v) is 8.01. The second-order valence-electron chi connectivity index (χ2n) is 8.01.